The van der Waals surface area contributed by atoms with Crippen LogP contribution in [0.4, 0.5) is 5.69 Å². The van der Waals surface area contributed by atoms with Crippen molar-refractivity contribution in [3.8, 4) is 16.8 Å². The summed E-state index contributed by atoms with van der Waals surface area (Å²) >= 11 is 0. The molecule has 0 spiro atoms. The first-order valence-corrected chi connectivity index (χ1v) is 10.4. The summed E-state index contributed by atoms with van der Waals surface area (Å²) in [5, 5.41) is 0. The fourth-order valence-corrected chi connectivity index (χ4v) is 4.95. The summed E-state index contributed by atoms with van der Waals surface area (Å²) in [5.41, 5.74) is 5.67. The summed E-state index contributed by atoms with van der Waals surface area (Å²) < 4.78 is 1.70. The zero-order chi connectivity index (χ0) is 20.0. The topological polar surface area (TPSA) is 28.5 Å². The minimum atomic E-state index is -0.00539. The van der Waals surface area contributed by atoms with E-state index in [0.717, 1.165) is 17.2 Å². The number of likely N-dealkylation sites (tertiary alicyclic amines) is 1. The SMILES string of the molecule is Cc1ccc(=O)n(-c2ccc(-c3ccc(N4CC[C@@H]5CN(C)C[C@@H]54)cc3)cc2)c1. The Morgan fingerprint density at radius 1 is 0.828 bits per heavy atom. The molecule has 2 aliphatic rings. The quantitative estimate of drug-likeness (QED) is 0.683. The average Bonchev–Trinajstić information content (AvgIpc) is 3.29. The van der Waals surface area contributed by atoms with Gasteiger partial charge >= 0.3 is 0 Å². The molecule has 2 aromatic carbocycles. The smallest absolute Gasteiger partial charge is 0.255 e. The largest absolute Gasteiger partial charge is 0.367 e. The van der Waals surface area contributed by atoms with Crippen molar-refractivity contribution >= 4 is 5.69 Å². The predicted molar refractivity (Wildman–Crippen MR) is 119 cm³/mol. The Morgan fingerprint density at radius 2 is 1.48 bits per heavy atom. The highest BCUT2D eigenvalue weighted by atomic mass is 16.1. The molecule has 29 heavy (non-hydrogen) atoms. The molecule has 2 aliphatic heterocycles. The lowest BCUT2D eigenvalue weighted by Crippen LogP contribution is -2.34. The monoisotopic (exact) mass is 385 g/mol. The number of aryl methyl sites for hydroxylation is 1. The summed E-state index contributed by atoms with van der Waals surface area (Å²) in [5.74, 6) is 0.817. The van der Waals surface area contributed by atoms with Gasteiger partial charge in [0.1, 0.15) is 0 Å². The summed E-state index contributed by atoms with van der Waals surface area (Å²) in [4.78, 5) is 17.2. The molecular formula is C25H27N3O. The standard InChI is InChI=1S/C25H27N3O/c1-18-3-12-25(29)28(15-18)23-10-6-20(7-11-23)19-4-8-22(9-5-19)27-14-13-21-16-26(2)17-24(21)27/h3-12,15,21,24H,13-14,16-17H2,1-2H3/t21-,24+/m1/s1. The third kappa shape index (κ3) is 3.38. The van der Waals surface area contributed by atoms with E-state index in [1.165, 1.54) is 42.9 Å². The number of likely N-dealkylation sites (N-methyl/N-ethyl adjacent to an activating group) is 1. The fourth-order valence-electron chi connectivity index (χ4n) is 4.95. The molecule has 0 amide bonds. The van der Waals surface area contributed by atoms with Gasteiger partial charge in [-0.3, -0.25) is 9.36 Å². The summed E-state index contributed by atoms with van der Waals surface area (Å²) in [7, 11) is 2.23. The van der Waals surface area contributed by atoms with Crippen LogP contribution in [0.2, 0.25) is 0 Å². The number of benzene rings is 2. The van der Waals surface area contributed by atoms with Crippen molar-refractivity contribution in [1.29, 1.82) is 0 Å². The van der Waals surface area contributed by atoms with Crippen LogP contribution in [0.5, 0.6) is 0 Å². The Balaban J connectivity index is 1.37. The van der Waals surface area contributed by atoms with Crippen LogP contribution in [0.3, 0.4) is 0 Å². The van der Waals surface area contributed by atoms with Crippen molar-refractivity contribution in [3.05, 3.63) is 82.8 Å². The summed E-state index contributed by atoms with van der Waals surface area (Å²) in [6.45, 7) is 5.57. The van der Waals surface area contributed by atoms with Gasteiger partial charge in [0.05, 0.1) is 0 Å². The molecule has 2 atom stereocenters. The van der Waals surface area contributed by atoms with E-state index in [-0.39, 0.29) is 5.56 Å². The molecule has 5 rings (SSSR count). The first kappa shape index (κ1) is 18.2. The zero-order valence-corrected chi connectivity index (χ0v) is 17.1. The molecule has 3 aromatic rings. The normalized spacial score (nSPS) is 21.5. The highest BCUT2D eigenvalue weighted by molar-refractivity contribution is 5.67. The average molecular weight is 386 g/mol. The van der Waals surface area contributed by atoms with Crippen molar-refractivity contribution in [3.63, 3.8) is 0 Å². The molecule has 4 heteroatoms. The fraction of sp³-hybridized carbons (Fsp3) is 0.320. The number of fused-ring (bicyclic) bond motifs is 1. The van der Waals surface area contributed by atoms with E-state index in [0.29, 0.717) is 6.04 Å². The zero-order valence-electron chi connectivity index (χ0n) is 17.1. The molecule has 2 fully saturated rings. The maximum atomic E-state index is 12.1. The summed E-state index contributed by atoms with van der Waals surface area (Å²) in [6.07, 6.45) is 3.19. The maximum absolute atomic E-state index is 12.1. The Bertz CT molecular complexity index is 1070. The van der Waals surface area contributed by atoms with Crippen molar-refractivity contribution in [1.82, 2.24) is 9.47 Å². The first-order valence-electron chi connectivity index (χ1n) is 10.4. The van der Waals surface area contributed by atoms with E-state index in [1.807, 2.05) is 31.3 Å². The molecule has 0 aliphatic carbocycles. The van der Waals surface area contributed by atoms with Crippen molar-refractivity contribution < 1.29 is 0 Å². The van der Waals surface area contributed by atoms with E-state index in [1.54, 1.807) is 10.6 Å². The second-order valence-electron chi connectivity index (χ2n) is 8.54. The molecule has 2 saturated heterocycles. The van der Waals surface area contributed by atoms with Crippen LogP contribution >= 0.6 is 0 Å². The number of hydrogen-bond donors (Lipinski definition) is 0. The van der Waals surface area contributed by atoms with Gasteiger partial charge < -0.3 is 9.80 Å². The van der Waals surface area contributed by atoms with Gasteiger partial charge in [-0.15, -0.1) is 0 Å². The van der Waals surface area contributed by atoms with Crippen LogP contribution in [-0.2, 0) is 0 Å². The molecule has 0 saturated carbocycles. The molecule has 148 valence electrons. The molecule has 3 heterocycles. The van der Waals surface area contributed by atoms with Gasteiger partial charge in [-0.2, -0.15) is 0 Å². The lowest BCUT2D eigenvalue weighted by Gasteiger charge is -2.26. The van der Waals surface area contributed by atoms with Crippen molar-refractivity contribution in [2.24, 2.45) is 5.92 Å². The summed E-state index contributed by atoms with van der Waals surface area (Å²) in [6, 6.07) is 21.3. The molecule has 0 bridgehead atoms. The number of nitrogens with zero attached hydrogens (tertiary/aromatic N) is 3. The second kappa shape index (κ2) is 7.20. The molecule has 0 unspecified atom stereocenters. The van der Waals surface area contributed by atoms with Crippen LogP contribution in [0, 0.1) is 12.8 Å². The first-order chi connectivity index (χ1) is 14.1. The number of aromatic nitrogens is 1. The van der Waals surface area contributed by atoms with E-state index in [9.17, 15) is 4.79 Å². The second-order valence-corrected chi connectivity index (χ2v) is 8.54. The van der Waals surface area contributed by atoms with Gasteiger partial charge in [-0.25, -0.2) is 0 Å². The van der Waals surface area contributed by atoms with E-state index < -0.39 is 0 Å². The molecule has 4 nitrogen and oxygen atoms in total. The third-order valence-corrected chi connectivity index (χ3v) is 6.47. The van der Waals surface area contributed by atoms with Gasteiger partial charge in [0.2, 0.25) is 0 Å². The number of rotatable bonds is 3. The Morgan fingerprint density at radius 3 is 2.17 bits per heavy atom. The van der Waals surface area contributed by atoms with E-state index in [2.05, 4.69) is 53.2 Å². The highest BCUT2D eigenvalue weighted by Crippen LogP contribution is 2.35. The number of anilines is 1. The van der Waals surface area contributed by atoms with Gasteiger partial charge in [0.25, 0.3) is 5.56 Å². The van der Waals surface area contributed by atoms with E-state index in [4.69, 9.17) is 0 Å². The highest BCUT2D eigenvalue weighted by Gasteiger charge is 2.39. The Hall–Kier alpha value is -2.85. The number of pyridine rings is 1. The molecule has 1 aromatic heterocycles. The Kier molecular flexibility index (Phi) is 4.51. The predicted octanol–water partition coefficient (Wildman–Crippen LogP) is 3.95. The Labute approximate surface area is 172 Å². The van der Waals surface area contributed by atoms with E-state index >= 15 is 0 Å². The minimum absolute atomic E-state index is 0.00539. The van der Waals surface area contributed by atoms with Crippen LogP contribution in [0.1, 0.15) is 12.0 Å². The van der Waals surface area contributed by atoms with Gasteiger partial charge in [-0.1, -0.05) is 30.3 Å². The molecule has 0 radical (unpaired) electrons. The minimum Gasteiger partial charge on any atom is -0.367 e. The van der Waals surface area contributed by atoms with Crippen molar-refractivity contribution in [2.45, 2.75) is 19.4 Å². The van der Waals surface area contributed by atoms with Crippen LogP contribution in [-0.4, -0.2) is 42.2 Å². The molecule has 0 N–H and O–H groups in total. The van der Waals surface area contributed by atoms with Gasteiger partial charge in [0, 0.05) is 49.3 Å². The maximum Gasteiger partial charge on any atom is 0.255 e. The van der Waals surface area contributed by atoms with Gasteiger partial charge in [0.15, 0.2) is 0 Å². The lowest BCUT2D eigenvalue weighted by molar-refractivity contribution is 0.386. The number of hydrogen-bond acceptors (Lipinski definition) is 3. The van der Waals surface area contributed by atoms with Gasteiger partial charge in [-0.05, 0) is 67.3 Å². The molecular weight excluding hydrogens is 358 g/mol. The lowest BCUT2D eigenvalue weighted by atomic mass is 10.0. The third-order valence-electron chi connectivity index (χ3n) is 6.47. The van der Waals surface area contributed by atoms with Crippen LogP contribution < -0.4 is 10.5 Å². The van der Waals surface area contributed by atoms with Crippen LogP contribution in [0.25, 0.3) is 16.8 Å². The van der Waals surface area contributed by atoms with Crippen LogP contribution in [0.15, 0.2) is 71.7 Å². The van der Waals surface area contributed by atoms with Crippen molar-refractivity contribution in [2.75, 3.05) is 31.6 Å².